The highest BCUT2D eigenvalue weighted by atomic mass is 16.5. The van der Waals surface area contributed by atoms with Gasteiger partial charge in [-0.25, -0.2) is 0 Å². The molecule has 1 aliphatic carbocycles. The number of aryl methyl sites for hydroxylation is 1. The van der Waals surface area contributed by atoms with E-state index in [0.717, 1.165) is 44.5 Å². The molecular formula is C18H29N3O3. The lowest BCUT2D eigenvalue weighted by Crippen LogP contribution is -2.51. The number of hydrogen-bond acceptors (Lipinski definition) is 5. The molecule has 0 spiro atoms. The molecule has 1 aromatic heterocycles. The predicted molar refractivity (Wildman–Crippen MR) is 89.6 cm³/mol. The van der Waals surface area contributed by atoms with E-state index in [9.17, 15) is 4.79 Å². The number of methoxy groups -OCH3 is 1. The van der Waals surface area contributed by atoms with Crippen molar-refractivity contribution >= 4 is 5.91 Å². The Bertz CT molecular complexity index is 553. The van der Waals surface area contributed by atoms with E-state index in [1.54, 1.807) is 7.11 Å². The van der Waals surface area contributed by atoms with Crippen molar-refractivity contribution in [2.24, 2.45) is 5.92 Å². The first kappa shape index (κ1) is 17.4. The van der Waals surface area contributed by atoms with Crippen molar-refractivity contribution in [1.82, 2.24) is 15.0 Å². The quantitative estimate of drug-likeness (QED) is 0.827. The summed E-state index contributed by atoms with van der Waals surface area (Å²) < 4.78 is 10.5. The summed E-state index contributed by atoms with van der Waals surface area (Å²) in [7, 11) is 1.71. The zero-order valence-corrected chi connectivity index (χ0v) is 14.9. The Balaban J connectivity index is 1.77. The fourth-order valence-corrected chi connectivity index (χ4v) is 4.24. The predicted octanol–water partition coefficient (Wildman–Crippen LogP) is 2.86. The minimum absolute atomic E-state index is 0.212. The van der Waals surface area contributed by atoms with Gasteiger partial charge >= 0.3 is 0 Å². The van der Waals surface area contributed by atoms with Gasteiger partial charge in [0.05, 0.1) is 5.41 Å². The maximum atomic E-state index is 13.0. The van der Waals surface area contributed by atoms with Gasteiger partial charge in [0, 0.05) is 39.6 Å². The zero-order chi connectivity index (χ0) is 17.0. The molecule has 6 nitrogen and oxygen atoms in total. The topological polar surface area (TPSA) is 68.5 Å². The van der Waals surface area contributed by atoms with E-state index >= 15 is 0 Å². The van der Waals surface area contributed by atoms with Gasteiger partial charge in [0.1, 0.15) is 0 Å². The molecule has 1 unspecified atom stereocenters. The van der Waals surface area contributed by atoms with Crippen molar-refractivity contribution in [2.75, 3.05) is 26.8 Å². The molecule has 1 amide bonds. The first-order valence-electron chi connectivity index (χ1n) is 9.23. The molecule has 134 valence electrons. The van der Waals surface area contributed by atoms with E-state index in [-0.39, 0.29) is 11.3 Å². The average Bonchev–Trinajstić information content (AvgIpc) is 3.07. The molecule has 2 fully saturated rings. The van der Waals surface area contributed by atoms with Crippen LogP contribution in [0.1, 0.15) is 63.1 Å². The van der Waals surface area contributed by atoms with E-state index in [4.69, 9.17) is 9.26 Å². The lowest BCUT2D eigenvalue weighted by Gasteiger charge is -2.42. The van der Waals surface area contributed by atoms with Crippen molar-refractivity contribution in [3.63, 3.8) is 0 Å². The number of hydrogen-bond donors (Lipinski definition) is 0. The molecule has 24 heavy (non-hydrogen) atoms. The minimum Gasteiger partial charge on any atom is -0.385 e. The molecule has 1 atom stereocenters. The standard InChI is InChI=1S/C18H29N3O3/c1-14-19-17(20-24-14)18(10-12-23-2)9-6-11-21(13-18)16(22)15-7-4-3-5-8-15/h15H,3-13H2,1-2H3. The highest BCUT2D eigenvalue weighted by molar-refractivity contribution is 5.79. The van der Waals surface area contributed by atoms with Crippen molar-refractivity contribution in [2.45, 2.75) is 63.7 Å². The van der Waals surface area contributed by atoms with Crippen molar-refractivity contribution in [1.29, 1.82) is 0 Å². The number of aromatic nitrogens is 2. The fraction of sp³-hybridized carbons (Fsp3) is 0.833. The highest BCUT2D eigenvalue weighted by Crippen LogP contribution is 2.37. The fourth-order valence-electron chi connectivity index (χ4n) is 4.24. The molecule has 6 heteroatoms. The zero-order valence-electron chi connectivity index (χ0n) is 14.9. The van der Waals surface area contributed by atoms with Gasteiger partial charge in [0.2, 0.25) is 11.8 Å². The van der Waals surface area contributed by atoms with Gasteiger partial charge in [0.25, 0.3) is 0 Å². The Labute approximate surface area is 143 Å². The Kier molecular flexibility index (Phi) is 5.54. The summed E-state index contributed by atoms with van der Waals surface area (Å²) in [5.41, 5.74) is -0.240. The van der Waals surface area contributed by atoms with Crippen LogP contribution in [0, 0.1) is 12.8 Å². The van der Waals surface area contributed by atoms with Crippen LogP contribution in [0.2, 0.25) is 0 Å². The summed E-state index contributed by atoms with van der Waals surface area (Å²) in [6.07, 6.45) is 8.50. The third-order valence-corrected chi connectivity index (χ3v) is 5.63. The SMILES string of the molecule is COCCC1(c2noc(C)n2)CCCN(C(=O)C2CCCCC2)C1. The van der Waals surface area contributed by atoms with Gasteiger partial charge in [0.15, 0.2) is 5.82 Å². The Morgan fingerprint density at radius 1 is 1.33 bits per heavy atom. The van der Waals surface area contributed by atoms with Gasteiger partial charge in [-0.2, -0.15) is 4.98 Å². The minimum atomic E-state index is -0.240. The maximum absolute atomic E-state index is 13.0. The summed E-state index contributed by atoms with van der Waals surface area (Å²) in [5, 5.41) is 4.19. The molecule has 1 saturated heterocycles. The first-order chi connectivity index (χ1) is 11.6. The van der Waals surface area contributed by atoms with Crippen molar-refractivity contribution < 1.29 is 14.1 Å². The monoisotopic (exact) mass is 335 g/mol. The normalized spacial score (nSPS) is 25.8. The second-order valence-corrected chi connectivity index (χ2v) is 7.36. The van der Waals surface area contributed by atoms with E-state index in [1.807, 2.05) is 6.92 Å². The van der Waals surface area contributed by atoms with Crippen LogP contribution in [0.5, 0.6) is 0 Å². The number of carbonyl (C=O) groups excluding carboxylic acids is 1. The second kappa shape index (κ2) is 7.64. The van der Waals surface area contributed by atoms with Gasteiger partial charge < -0.3 is 14.2 Å². The maximum Gasteiger partial charge on any atom is 0.225 e. The van der Waals surface area contributed by atoms with Crippen molar-refractivity contribution in [3.05, 3.63) is 11.7 Å². The van der Waals surface area contributed by atoms with E-state index in [2.05, 4.69) is 15.0 Å². The van der Waals surface area contributed by atoms with Crippen LogP contribution >= 0.6 is 0 Å². The van der Waals surface area contributed by atoms with Gasteiger partial charge in [-0.1, -0.05) is 24.4 Å². The van der Waals surface area contributed by atoms with Gasteiger partial charge in [-0.3, -0.25) is 4.79 Å². The molecule has 0 bridgehead atoms. The van der Waals surface area contributed by atoms with E-state index in [0.29, 0.717) is 24.9 Å². The lowest BCUT2D eigenvalue weighted by atomic mass is 9.76. The number of amides is 1. The largest absolute Gasteiger partial charge is 0.385 e. The van der Waals surface area contributed by atoms with Crippen LogP contribution in [0.25, 0.3) is 0 Å². The molecule has 1 aliphatic heterocycles. The molecule has 2 heterocycles. The number of carbonyl (C=O) groups is 1. The van der Waals surface area contributed by atoms with Crippen LogP contribution in [0.4, 0.5) is 0 Å². The smallest absolute Gasteiger partial charge is 0.225 e. The third-order valence-electron chi connectivity index (χ3n) is 5.63. The molecule has 1 aromatic rings. The average molecular weight is 335 g/mol. The number of nitrogens with zero attached hydrogens (tertiary/aromatic N) is 3. The molecule has 0 aromatic carbocycles. The van der Waals surface area contributed by atoms with Crippen LogP contribution in [-0.2, 0) is 14.9 Å². The molecule has 0 N–H and O–H groups in total. The van der Waals surface area contributed by atoms with Crippen LogP contribution in [0.3, 0.4) is 0 Å². The summed E-state index contributed by atoms with van der Waals surface area (Å²) in [5.74, 6) is 1.86. The second-order valence-electron chi connectivity index (χ2n) is 7.36. The summed E-state index contributed by atoms with van der Waals surface area (Å²) >= 11 is 0. The third kappa shape index (κ3) is 3.63. The van der Waals surface area contributed by atoms with Gasteiger partial charge in [-0.15, -0.1) is 0 Å². The lowest BCUT2D eigenvalue weighted by molar-refractivity contribution is -0.139. The molecule has 1 saturated carbocycles. The Morgan fingerprint density at radius 2 is 2.12 bits per heavy atom. The highest BCUT2D eigenvalue weighted by Gasteiger charge is 2.43. The summed E-state index contributed by atoms with van der Waals surface area (Å²) in [6, 6.07) is 0. The van der Waals surface area contributed by atoms with E-state index in [1.165, 1.54) is 19.3 Å². The number of ether oxygens (including phenoxy) is 1. The number of likely N-dealkylation sites (tertiary alicyclic amines) is 1. The number of rotatable bonds is 5. The molecule has 2 aliphatic rings. The molecule has 0 radical (unpaired) electrons. The van der Waals surface area contributed by atoms with Crippen LogP contribution in [0.15, 0.2) is 4.52 Å². The van der Waals surface area contributed by atoms with Gasteiger partial charge in [-0.05, 0) is 32.1 Å². The van der Waals surface area contributed by atoms with E-state index < -0.39 is 0 Å². The molecular weight excluding hydrogens is 306 g/mol. The Hall–Kier alpha value is -1.43. The van der Waals surface area contributed by atoms with Crippen molar-refractivity contribution in [3.8, 4) is 0 Å². The van der Waals surface area contributed by atoms with Crippen LogP contribution in [-0.4, -0.2) is 47.8 Å². The molecule has 3 rings (SSSR count). The Morgan fingerprint density at radius 3 is 2.79 bits per heavy atom. The number of piperidine rings is 1. The summed E-state index contributed by atoms with van der Waals surface area (Å²) in [6.45, 7) is 3.99. The van der Waals surface area contributed by atoms with Crippen LogP contribution < -0.4 is 0 Å². The first-order valence-corrected chi connectivity index (χ1v) is 9.23. The summed E-state index contributed by atoms with van der Waals surface area (Å²) in [4.78, 5) is 19.5.